The third kappa shape index (κ3) is 2.40. The average Bonchev–Trinajstić information content (AvgIpc) is 3.07. The van der Waals surface area contributed by atoms with Crippen LogP contribution in [0.2, 0.25) is 0 Å². The Bertz CT molecular complexity index is 408. The molecule has 100 valence electrons. The normalized spacial score (nSPS) is 32.0. The predicted molar refractivity (Wildman–Crippen MR) is 79.1 cm³/mol. The summed E-state index contributed by atoms with van der Waals surface area (Å²) in [6.45, 7) is 3.31. The molecule has 4 heteroatoms. The van der Waals surface area contributed by atoms with Gasteiger partial charge in [-0.25, -0.2) is 0 Å². The van der Waals surface area contributed by atoms with E-state index in [2.05, 4.69) is 38.9 Å². The molecule has 4 unspecified atom stereocenters. The summed E-state index contributed by atoms with van der Waals surface area (Å²) >= 11 is 5.47. The van der Waals surface area contributed by atoms with Crippen molar-refractivity contribution in [3.63, 3.8) is 0 Å². The first kappa shape index (κ1) is 13.1. The lowest BCUT2D eigenvalue weighted by Gasteiger charge is -2.29. The molecule has 1 aromatic heterocycles. The molecule has 2 aliphatic heterocycles. The van der Waals surface area contributed by atoms with Gasteiger partial charge in [0.25, 0.3) is 0 Å². The molecule has 2 nitrogen and oxygen atoms in total. The lowest BCUT2D eigenvalue weighted by molar-refractivity contribution is 0.0856. The zero-order chi connectivity index (χ0) is 12.5. The summed E-state index contributed by atoms with van der Waals surface area (Å²) in [4.78, 5) is 0. The zero-order valence-electron chi connectivity index (χ0n) is 10.7. The van der Waals surface area contributed by atoms with E-state index in [9.17, 15) is 0 Å². The van der Waals surface area contributed by atoms with Crippen LogP contribution in [-0.4, -0.2) is 18.8 Å². The number of halogens is 1. The van der Waals surface area contributed by atoms with Crippen molar-refractivity contribution in [2.24, 2.45) is 5.92 Å². The molecule has 0 aromatic carbocycles. The maximum atomic E-state index is 6.03. The fraction of sp³-hybridized carbons (Fsp3) is 0.714. The molecule has 4 atom stereocenters. The summed E-state index contributed by atoms with van der Waals surface area (Å²) in [6, 6.07) is 0.459. The molecule has 0 saturated carbocycles. The largest absolute Gasteiger partial charge is 0.375 e. The minimum absolute atomic E-state index is 0.459. The first-order valence-corrected chi connectivity index (χ1v) is 8.63. The second-order valence-electron chi connectivity index (χ2n) is 5.38. The third-order valence-corrected chi connectivity index (χ3v) is 5.92. The van der Waals surface area contributed by atoms with Crippen molar-refractivity contribution in [3.8, 4) is 0 Å². The predicted octanol–water partition coefficient (Wildman–Crippen LogP) is 4.12. The minimum atomic E-state index is 0.459. The Labute approximate surface area is 121 Å². The van der Waals surface area contributed by atoms with Crippen LogP contribution in [0.25, 0.3) is 0 Å². The van der Waals surface area contributed by atoms with Crippen LogP contribution >= 0.6 is 27.3 Å². The second kappa shape index (κ2) is 5.61. The Balaban J connectivity index is 1.79. The summed E-state index contributed by atoms with van der Waals surface area (Å²) in [5.41, 5.74) is 1.43. The van der Waals surface area contributed by atoms with E-state index in [1.54, 1.807) is 11.3 Å². The Morgan fingerprint density at radius 2 is 2.39 bits per heavy atom. The van der Waals surface area contributed by atoms with Gasteiger partial charge in [-0.1, -0.05) is 6.92 Å². The maximum absolute atomic E-state index is 6.03. The van der Waals surface area contributed by atoms with Gasteiger partial charge < -0.3 is 10.1 Å². The third-order valence-electron chi connectivity index (χ3n) is 4.17. The molecule has 2 saturated heterocycles. The molecule has 18 heavy (non-hydrogen) atoms. The van der Waals surface area contributed by atoms with Gasteiger partial charge in [0.15, 0.2) is 0 Å². The molecule has 0 spiro atoms. The van der Waals surface area contributed by atoms with E-state index in [1.807, 2.05) is 0 Å². The van der Waals surface area contributed by atoms with Crippen molar-refractivity contribution in [2.45, 2.75) is 50.9 Å². The number of hydrogen-bond donors (Lipinski definition) is 1. The number of hydrogen-bond acceptors (Lipinski definition) is 3. The lowest BCUT2D eigenvalue weighted by Crippen LogP contribution is -2.34. The van der Waals surface area contributed by atoms with Crippen molar-refractivity contribution >= 4 is 27.3 Å². The van der Waals surface area contributed by atoms with Crippen LogP contribution in [-0.2, 0) is 4.74 Å². The highest BCUT2D eigenvalue weighted by Gasteiger charge is 2.45. The summed E-state index contributed by atoms with van der Waals surface area (Å²) in [6.07, 6.45) is 5.95. The fourth-order valence-corrected chi connectivity index (χ4v) is 4.91. The SMILES string of the molecule is CCCNC(c1cscc1Br)C1CC2CCC1O2. The molecule has 2 bridgehead atoms. The number of fused-ring (bicyclic) bond motifs is 2. The molecule has 0 radical (unpaired) electrons. The van der Waals surface area contributed by atoms with E-state index in [0.717, 1.165) is 6.54 Å². The molecule has 2 fully saturated rings. The smallest absolute Gasteiger partial charge is 0.0627 e. The molecule has 3 heterocycles. The van der Waals surface area contributed by atoms with E-state index in [1.165, 1.54) is 35.7 Å². The summed E-state index contributed by atoms with van der Waals surface area (Å²) < 4.78 is 7.29. The molecule has 3 rings (SSSR count). The first-order chi connectivity index (χ1) is 8.79. The second-order valence-corrected chi connectivity index (χ2v) is 6.98. The molecule has 2 aliphatic rings. The minimum Gasteiger partial charge on any atom is -0.375 e. The number of nitrogens with one attached hydrogen (secondary N) is 1. The van der Waals surface area contributed by atoms with Crippen molar-refractivity contribution in [1.29, 1.82) is 0 Å². The Morgan fingerprint density at radius 1 is 1.50 bits per heavy atom. The van der Waals surface area contributed by atoms with Gasteiger partial charge in [-0.05, 0) is 59.1 Å². The average molecular weight is 330 g/mol. The topological polar surface area (TPSA) is 21.3 Å². The number of ether oxygens (including phenoxy) is 1. The van der Waals surface area contributed by atoms with Crippen LogP contribution < -0.4 is 5.32 Å². The number of thiophene rings is 1. The van der Waals surface area contributed by atoms with Crippen molar-refractivity contribution in [3.05, 3.63) is 20.8 Å². The standard InChI is InChI=1S/C14H20BrNOS/c1-2-5-16-14(11-7-18-8-12(11)15)10-6-9-3-4-13(10)17-9/h7-10,13-14,16H,2-6H2,1H3. The molecule has 0 amide bonds. The van der Waals surface area contributed by atoms with Crippen LogP contribution in [0, 0.1) is 5.92 Å². The molecular formula is C14H20BrNOS. The Morgan fingerprint density at radius 3 is 2.94 bits per heavy atom. The highest BCUT2D eigenvalue weighted by Crippen LogP contribution is 2.46. The van der Waals surface area contributed by atoms with E-state index in [4.69, 9.17) is 4.74 Å². The van der Waals surface area contributed by atoms with E-state index < -0.39 is 0 Å². The van der Waals surface area contributed by atoms with Crippen molar-refractivity contribution in [1.82, 2.24) is 5.32 Å². The van der Waals surface area contributed by atoms with Crippen molar-refractivity contribution < 1.29 is 4.74 Å². The van der Waals surface area contributed by atoms with Crippen LogP contribution in [0.5, 0.6) is 0 Å². The summed E-state index contributed by atoms with van der Waals surface area (Å²) in [5, 5.41) is 8.20. The van der Waals surface area contributed by atoms with Gasteiger partial charge in [0.1, 0.15) is 0 Å². The van der Waals surface area contributed by atoms with Crippen LogP contribution in [0.4, 0.5) is 0 Å². The van der Waals surface area contributed by atoms with Gasteiger partial charge in [-0.15, -0.1) is 0 Å². The van der Waals surface area contributed by atoms with E-state index >= 15 is 0 Å². The highest BCUT2D eigenvalue weighted by atomic mass is 79.9. The fourth-order valence-electron chi connectivity index (χ4n) is 3.33. The zero-order valence-corrected chi connectivity index (χ0v) is 13.1. The van der Waals surface area contributed by atoms with E-state index in [0.29, 0.717) is 24.2 Å². The molecular weight excluding hydrogens is 310 g/mol. The van der Waals surface area contributed by atoms with Crippen LogP contribution in [0.15, 0.2) is 15.2 Å². The summed E-state index contributed by atoms with van der Waals surface area (Å²) in [5.74, 6) is 0.654. The van der Waals surface area contributed by atoms with Gasteiger partial charge >= 0.3 is 0 Å². The summed E-state index contributed by atoms with van der Waals surface area (Å²) in [7, 11) is 0. The number of rotatable bonds is 5. The van der Waals surface area contributed by atoms with Crippen LogP contribution in [0.1, 0.15) is 44.2 Å². The monoisotopic (exact) mass is 329 g/mol. The molecule has 1 aromatic rings. The van der Waals surface area contributed by atoms with Gasteiger partial charge in [0.2, 0.25) is 0 Å². The lowest BCUT2D eigenvalue weighted by atomic mass is 9.81. The van der Waals surface area contributed by atoms with Gasteiger partial charge in [-0.2, -0.15) is 11.3 Å². The quantitative estimate of drug-likeness (QED) is 0.877. The molecule has 1 N–H and O–H groups in total. The molecule has 0 aliphatic carbocycles. The van der Waals surface area contributed by atoms with Crippen molar-refractivity contribution in [2.75, 3.05) is 6.54 Å². The van der Waals surface area contributed by atoms with Crippen LogP contribution in [0.3, 0.4) is 0 Å². The van der Waals surface area contributed by atoms with Gasteiger partial charge in [0.05, 0.1) is 12.2 Å². The van der Waals surface area contributed by atoms with E-state index in [-0.39, 0.29) is 0 Å². The van der Waals surface area contributed by atoms with Gasteiger partial charge in [0, 0.05) is 21.8 Å². The first-order valence-electron chi connectivity index (χ1n) is 6.90. The Hall–Kier alpha value is 0.1000. The Kier molecular flexibility index (Phi) is 4.09. The van der Waals surface area contributed by atoms with Gasteiger partial charge in [-0.3, -0.25) is 0 Å². The highest BCUT2D eigenvalue weighted by molar-refractivity contribution is 9.10. The maximum Gasteiger partial charge on any atom is 0.0627 e.